The first-order valence-corrected chi connectivity index (χ1v) is 10.2. The number of aromatic nitrogens is 2. The predicted molar refractivity (Wildman–Crippen MR) is 113 cm³/mol. The minimum absolute atomic E-state index is 0.131. The van der Waals surface area contributed by atoms with Crippen molar-refractivity contribution in [2.24, 2.45) is 5.41 Å². The predicted octanol–water partition coefficient (Wildman–Crippen LogP) is 6.35. The molecule has 1 unspecified atom stereocenters. The first kappa shape index (κ1) is 22.3. The topological polar surface area (TPSA) is 46.0 Å². The molecule has 0 radical (unpaired) electrons. The van der Waals surface area contributed by atoms with E-state index in [1.165, 1.54) is 18.5 Å². The van der Waals surface area contributed by atoms with Gasteiger partial charge in [-0.05, 0) is 58.5 Å². The Morgan fingerprint density at radius 2 is 1.43 bits per heavy atom. The van der Waals surface area contributed by atoms with Crippen molar-refractivity contribution < 1.29 is 18.3 Å². The van der Waals surface area contributed by atoms with Crippen LogP contribution in [0.15, 0.2) is 66.1 Å². The lowest BCUT2D eigenvalue weighted by Crippen LogP contribution is -2.42. The van der Waals surface area contributed by atoms with Gasteiger partial charge in [-0.2, -0.15) is 13.2 Å². The Hall–Kier alpha value is -2.38. The van der Waals surface area contributed by atoms with Gasteiger partial charge in [-0.3, -0.25) is 0 Å². The van der Waals surface area contributed by atoms with Gasteiger partial charge in [0.2, 0.25) is 0 Å². The number of aryl methyl sites for hydroxylation is 1. The van der Waals surface area contributed by atoms with Crippen LogP contribution in [0.3, 0.4) is 0 Å². The maximum Gasteiger partial charge on any atom is 0.446 e. The highest BCUT2D eigenvalue weighted by molar-refractivity contribution is 8.00. The van der Waals surface area contributed by atoms with Crippen molar-refractivity contribution in [3.05, 3.63) is 77.9 Å². The van der Waals surface area contributed by atoms with E-state index < -0.39 is 16.5 Å². The largest absolute Gasteiger partial charge is 0.446 e. The van der Waals surface area contributed by atoms with Crippen LogP contribution in [-0.4, -0.2) is 20.6 Å². The van der Waals surface area contributed by atoms with Gasteiger partial charge in [0, 0.05) is 22.9 Å². The SMILES string of the molecule is Cc1cc(-c2ccc(SC(F)(F)F)cc2)ccc1C(O)(c1cncnc1)C(C)(C)C. The molecule has 30 heavy (non-hydrogen) atoms. The van der Waals surface area contributed by atoms with E-state index in [0.717, 1.165) is 22.3 Å². The summed E-state index contributed by atoms with van der Waals surface area (Å²) in [6.07, 6.45) is 4.65. The zero-order valence-corrected chi connectivity index (χ0v) is 18.0. The van der Waals surface area contributed by atoms with Gasteiger partial charge >= 0.3 is 5.51 Å². The number of rotatable bonds is 4. The summed E-state index contributed by atoms with van der Waals surface area (Å²) in [4.78, 5) is 8.27. The minimum atomic E-state index is -4.31. The molecule has 7 heteroatoms. The molecule has 1 atom stereocenters. The molecule has 1 N–H and O–H groups in total. The number of alkyl halides is 3. The second-order valence-electron chi connectivity index (χ2n) is 8.19. The molecule has 2 aromatic carbocycles. The third-order valence-electron chi connectivity index (χ3n) is 5.10. The maximum atomic E-state index is 12.5. The Morgan fingerprint density at radius 3 is 1.93 bits per heavy atom. The lowest BCUT2D eigenvalue weighted by molar-refractivity contribution is -0.0328. The van der Waals surface area contributed by atoms with Crippen molar-refractivity contribution in [1.82, 2.24) is 9.97 Å². The van der Waals surface area contributed by atoms with Crippen molar-refractivity contribution in [2.75, 3.05) is 0 Å². The van der Waals surface area contributed by atoms with Crippen LogP contribution in [0.25, 0.3) is 11.1 Å². The summed E-state index contributed by atoms with van der Waals surface area (Å²) in [5.74, 6) is 0. The van der Waals surface area contributed by atoms with Gasteiger partial charge in [0.1, 0.15) is 11.9 Å². The fourth-order valence-electron chi connectivity index (χ4n) is 3.58. The first-order chi connectivity index (χ1) is 13.9. The molecule has 0 bridgehead atoms. The van der Waals surface area contributed by atoms with Gasteiger partial charge < -0.3 is 5.11 Å². The van der Waals surface area contributed by atoms with Crippen LogP contribution in [0.4, 0.5) is 13.2 Å². The summed E-state index contributed by atoms with van der Waals surface area (Å²) in [6, 6.07) is 11.9. The Kier molecular flexibility index (Phi) is 5.98. The van der Waals surface area contributed by atoms with E-state index in [9.17, 15) is 18.3 Å². The highest BCUT2D eigenvalue weighted by Gasteiger charge is 2.44. The van der Waals surface area contributed by atoms with Gasteiger partial charge in [0.05, 0.1) is 0 Å². The molecular weight excluding hydrogens is 409 g/mol. The third kappa shape index (κ3) is 4.52. The monoisotopic (exact) mass is 432 g/mol. The zero-order chi connectivity index (χ0) is 22.2. The Labute approximate surface area is 178 Å². The van der Waals surface area contributed by atoms with Crippen molar-refractivity contribution >= 4 is 11.8 Å². The van der Waals surface area contributed by atoms with Gasteiger partial charge in [-0.25, -0.2) is 9.97 Å². The zero-order valence-electron chi connectivity index (χ0n) is 17.2. The number of hydrogen-bond acceptors (Lipinski definition) is 4. The minimum Gasteiger partial charge on any atom is -0.380 e. The fourth-order valence-corrected chi connectivity index (χ4v) is 4.12. The van der Waals surface area contributed by atoms with Crippen molar-refractivity contribution in [2.45, 2.75) is 43.7 Å². The molecule has 3 aromatic rings. The van der Waals surface area contributed by atoms with Crippen LogP contribution in [0.2, 0.25) is 0 Å². The molecule has 158 valence electrons. The number of nitrogens with zero attached hydrogens (tertiary/aromatic N) is 2. The van der Waals surface area contributed by atoms with E-state index in [1.807, 2.05) is 45.9 Å². The average molecular weight is 433 g/mol. The summed E-state index contributed by atoms with van der Waals surface area (Å²) in [7, 11) is 0. The van der Waals surface area contributed by atoms with Crippen molar-refractivity contribution in [1.29, 1.82) is 0 Å². The van der Waals surface area contributed by atoms with Gasteiger partial charge in [-0.15, -0.1) is 0 Å². The molecule has 3 nitrogen and oxygen atoms in total. The third-order valence-corrected chi connectivity index (χ3v) is 5.84. The molecule has 1 aromatic heterocycles. The molecule has 0 aliphatic heterocycles. The van der Waals surface area contributed by atoms with E-state index in [2.05, 4.69) is 9.97 Å². The molecular formula is C23H23F3N2OS. The second-order valence-corrected chi connectivity index (χ2v) is 9.33. The molecule has 1 heterocycles. The van der Waals surface area contributed by atoms with Crippen molar-refractivity contribution in [3.63, 3.8) is 0 Å². The summed E-state index contributed by atoms with van der Waals surface area (Å²) >= 11 is -0.131. The highest BCUT2D eigenvalue weighted by Crippen LogP contribution is 2.46. The standard InChI is InChI=1S/C23H23F3N2OS/c1-15-11-17(16-5-8-19(9-6-16)30-23(24,25)26)7-10-20(15)22(29,21(2,3)4)18-12-27-14-28-13-18/h5-14,29H,1-4H3. The molecule has 0 amide bonds. The fraction of sp³-hybridized carbons (Fsp3) is 0.304. The molecule has 3 rings (SSSR count). The summed E-state index contributed by atoms with van der Waals surface area (Å²) in [5.41, 5.74) is -2.30. The Morgan fingerprint density at radius 1 is 0.867 bits per heavy atom. The van der Waals surface area contributed by atoms with Crippen LogP contribution in [0, 0.1) is 12.3 Å². The molecule has 0 spiro atoms. The van der Waals surface area contributed by atoms with Crippen LogP contribution >= 0.6 is 11.8 Å². The Bertz CT molecular complexity index is 1020. The van der Waals surface area contributed by atoms with E-state index in [4.69, 9.17) is 0 Å². The normalized spacial score (nSPS) is 14.4. The quantitative estimate of drug-likeness (QED) is 0.488. The molecule has 0 saturated carbocycles. The number of hydrogen-bond donors (Lipinski definition) is 1. The van der Waals surface area contributed by atoms with Gasteiger partial charge in [0.25, 0.3) is 0 Å². The lowest BCUT2D eigenvalue weighted by Gasteiger charge is -2.41. The van der Waals surface area contributed by atoms with Gasteiger partial charge in [0.15, 0.2) is 0 Å². The van der Waals surface area contributed by atoms with E-state index in [1.54, 1.807) is 24.5 Å². The summed E-state index contributed by atoms with van der Waals surface area (Å²) in [5, 5.41) is 11.8. The summed E-state index contributed by atoms with van der Waals surface area (Å²) < 4.78 is 37.6. The van der Waals surface area contributed by atoms with Crippen LogP contribution < -0.4 is 0 Å². The van der Waals surface area contributed by atoms with E-state index >= 15 is 0 Å². The second kappa shape index (κ2) is 8.04. The molecule has 0 fully saturated rings. The number of benzene rings is 2. The maximum absolute atomic E-state index is 12.5. The number of thioether (sulfide) groups is 1. The molecule has 0 aliphatic carbocycles. The first-order valence-electron chi connectivity index (χ1n) is 9.37. The van der Waals surface area contributed by atoms with Crippen LogP contribution in [-0.2, 0) is 5.60 Å². The molecule has 0 aliphatic rings. The number of aliphatic hydroxyl groups is 1. The summed E-state index contributed by atoms with van der Waals surface area (Å²) in [6.45, 7) is 7.76. The smallest absolute Gasteiger partial charge is 0.380 e. The molecule has 0 saturated heterocycles. The van der Waals surface area contributed by atoms with E-state index in [0.29, 0.717) is 5.56 Å². The number of halogens is 3. The lowest BCUT2D eigenvalue weighted by atomic mass is 9.68. The van der Waals surface area contributed by atoms with Crippen LogP contribution in [0.5, 0.6) is 0 Å². The van der Waals surface area contributed by atoms with Crippen molar-refractivity contribution in [3.8, 4) is 11.1 Å². The highest BCUT2D eigenvalue weighted by atomic mass is 32.2. The van der Waals surface area contributed by atoms with Gasteiger partial charge in [-0.1, -0.05) is 51.1 Å². The van der Waals surface area contributed by atoms with Crippen LogP contribution in [0.1, 0.15) is 37.5 Å². The van der Waals surface area contributed by atoms with E-state index in [-0.39, 0.29) is 16.7 Å². The Balaban J connectivity index is 2.00. The average Bonchev–Trinajstić information content (AvgIpc) is 2.66.